The van der Waals surface area contributed by atoms with Crippen molar-refractivity contribution in [3.63, 3.8) is 0 Å². The normalized spacial score (nSPS) is 10.8. The summed E-state index contributed by atoms with van der Waals surface area (Å²) in [4.78, 5) is 11.6. The first-order valence-electron chi connectivity index (χ1n) is 6.63. The number of ether oxygens (including phenoxy) is 1. The minimum absolute atomic E-state index is 0.0845. The minimum Gasteiger partial charge on any atom is -0.483 e. The molecule has 0 aliphatic carbocycles. The van der Waals surface area contributed by atoms with Crippen molar-refractivity contribution in [1.82, 2.24) is 5.43 Å². The zero-order chi connectivity index (χ0) is 15.2. The van der Waals surface area contributed by atoms with Gasteiger partial charge in [0.1, 0.15) is 17.3 Å². The molecule has 0 radical (unpaired) electrons. The lowest BCUT2D eigenvalue weighted by atomic mass is 10.1. The lowest BCUT2D eigenvalue weighted by molar-refractivity contribution is -0.123. The highest BCUT2D eigenvalue weighted by Crippen LogP contribution is 2.18. The summed E-state index contributed by atoms with van der Waals surface area (Å²) in [5, 5.41) is 3.81. The number of hydrazone groups is 1. The van der Waals surface area contributed by atoms with Gasteiger partial charge >= 0.3 is 0 Å². The van der Waals surface area contributed by atoms with Gasteiger partial charge in [0.15, 0.2) is 6.61 Å². The van der Waals surface area contributed by atoms with Crippen LogP contribution in [0.3, 0.4) is 0 Å². The molecule has 0 aliphatic heterocycles. The van der Waals surface area contributed by atoms with Crippen molar-refractivity contribution in [2.45, 2.75) is 20.8 Å². The monoisotopic (exact) mass is 286 g/mol. The first kappa shape index (κ1) is 14.8. The van der Waals surface area contributed by atoms with Crippen molar-refractivity contribution in [3.05, 3.63) is 53.0 Å². The van der Waals surface area contributed by atoms with Crippen molar-refractivity contribution in [1.29, 1.82) is 0 Å². The fraction of sp³-hybridized carbons (Fsp3) is 0.250. The molecule has 5 heteroatoms. The molecule has 1 aromatic carbocycles. The number of nitrogens with one attached hydrogen (secondary N) is 1. The van der Waals surface area contributed by atoms with Crippen LogP contribution in [0.15, 0.2) is 39.9 Å². The van der Waals surface area contributed by atoms with Crippen molar-refractivity contribution in [3.8, 4) is 5.75 Å². The van der Waals surface area contributed by atoms with Crippen LogP contribution >= 0.6 is 0 Å². The number of rotatable bonds is 5. The Morgan fingerprint density at radius 3 is 2.81 bits per heavy atom. The molecule has 1 heterocycles. The van der Waals surface area contributed by atoms with E-state index in [-0.39, 0.29) is 12.5 Å². The van der Waals surface area contributed by atoms with Gasteiger partial charge in [-0.25, -0.2) is 5.43 Å². The van der Waals surface area contributed by atoms with E-state index in [1.807, 2.05) is 45.0 Å². The van der Waals surface area contributed by atoms with Crippen LogP contribution in [0.25, 0.3) is 0 Å². The maximum Gasteiger partial charge on any atom is 0.277 e. The van der Waals surface area contributed by atoms with Gasteiger partial charge in [-0.2, -0.15) is 5.10 Å². The molecular weight excluding hydrogens is 268 g/mol. The summed E-state index contributed by atoms with van der Waals surface area (Å²) in [5.41, 5.74) is 4.46. The highest BCUT2D eigenvalue weighted by Gasteiger charge is 2.04. The average Bonchev–Trinajstić information content (AvgIpc) is 2.85. The molecule has 0 atom stereocenters. The van der Waals surface area contributed by atoms with Crippen LogP contribution < -0.4 is 10.2 Å². The van der Waals surface area contributed by atoms with Gasteiger partial charge in [0, 0.05) is 0 Å². The van der Waals surface area contributed by atoms with E-state index in [9.17, 15) is 4.79 Å². The van der Waals surface area contributed by atoms with Gasteiger partial charge in [-0.15, -0.1) is 0 Å². The Bertz CT molecular complexity index is 659. The first-order valence-corrected chi connectivity index (χ1v) is 6.63. The standard InChI is InChI=1S/C16H18N2O3/c1-11-4-5-12(2)15(8-11)20-10-16(19)18-17-9-14-7-6-13(3)21-14/h4-9H,10H2,1-3H3,(H,18,19). The fourth-order valence-corrected chi connectivity index (χ4v) is 1.73. The van der Waals surface area contributed by atoms with Crippen LogP contribution in [0.1, 0.15) is 22.6 Å². The second-order valence-corrected chi connectivity index (χ2v) is 4.80. The number of nitrogens with zero attached hydrogens (tertiary/aromatic N) is 1. The highest BCUT2D eigenvalue weighted by atomic mass is 16.5. The van der Waals surface area contributed by atoms with Crippen molar-refractivity contribution in [2.24, 2.45) is 5.10 Å². The van der Waals surface area contributed by atoms with Crippen LogP contribution in [0.5, 0.6) is 5.75 Å². The third-order valence-electron chi connectivity index (χ3n) is 2.84. The van der Waals surface area contributed by atoms with Gasteiger partial charge < -0.3 is 9.15 Å². The number of amides is 1. The number of benzene rings is 1. The number of carbonyl (C=O) groups excluding carboxylic acids is 1. The lowest BCUT2D eigenvalue weighted by Crippen LogP contribution is -2.24. The van der Waals surface area contributed by atoms with E-state index in [1.165, 1.54) is 6.21 Å². The summed E-state index contributed by atoms with van der Waals surface area (Å²) < 4.78 is 10.8. The summed E-state index contributed by atoms with van der Waals surface area (Å²) in [6.07, 6.45) is 1.45. The van der Waals surface area contributed by atoms with E-state index < -0.39 is 0 Å². The average molecular weight is 286 g/mol. The first-order chi connectivity index (χ1) is 10.0. The van der Waals surface area contributed by atoms with E-state index in [2.05, 4.69) is 10.5 Å². The third-order valence-corrected chi connectivity index (χ3v) is 2.84. The van der Waals surface area contributed by atoms with Crippen LogP contribution in [0, 0.1) is 20.8 Å². The molecule has 0 saturated heterocycles. The topological polar surface area (TPSA) is 63.8 Å². The molecule has 0 spiro atoms. The van der Waals surface area contributed by atoms with Gasteiger partial charge in [-0.05, 0) is 50.1 Å². The number of aryl methyl sites for hydroxylation is 3. The predicted octanol–water partition coefficient (Wildman–Crippen LogP) is 2.73. The lowest BCUT2D eigenvalue weighted by Gasteiger charge is -2.08. The summed E-state index contributed by atoms with van der Waals surface area (Å²) in [7, 11) is 0. The van der Waals surface area contributed by atoms with E-state index in [4.69, 9.17) is 9.15 Å². The Hall–Kier alpha value is -2.56. The fourth-order valence-electron chi connectivity index (χ4n) is 1.73. The molecule has 0 fully saturated rings. The van der Waals surface area contributed by atoms with E-state index in [0.29, 0.717) is 11.5 Å². The zero-order valence-corrected chi connectivity index (χ0v) is 12.3. The number of carbonyl (C=O) groups is 1. The largest absolute Gasteiger partial charge is 0.483 e. The molecule has 0 bridgehead atoms. The molecule has 0 saturated carbocycles. The van der Waals surface area contributed by atoms with Crippen molar-refractivity contribution < 1.29 is 13.9 Å². The molecule has 0 aliphatic rings. The molecule has 1 amide bonds. The molecular formula is C16H18N2O3. The van der Waals surface area contributed by atoms with E-state index in [1.54, 1.807) is 6.07 Å². The Morgan fingerprint density at radius 2 is 2.10 bits per heavy atom. The Kier molecular flexibility index (Phi) is 4.77. The Morgan fingerprint density at radius 1 is 1.29 bits per heavy atom. The minimum atomic E-state index is -0.324. The zero-order valence-electron chi connectivity index (χ0n) is 12.3. The van der Waals surface area contributed by atoms with Gasteiger partial charge in [-0.3, -0.25) is 4.79 Å². The Balaban J connectivity index is 1.82. The predicted molar refractivity (Wildman–Crippen MR) is 80.6 cm³/mol. The summed E-state index contributed by atoms with van der Waals surface area (Å²) in [5.74, 6) is 1.76. The molecule has 0 unspecified atom stereocenters. The highest BCUT2D eigenvalue weighted by molar-refractivity contribution is 5.81. The van der Waals surface area contributed by atoms with Gasteiger partial charge in [0.05, 0.1) is 6.21 Å². The van der Waals surface area contributed by atoms with Crippen LogP contribution in [0.4, 0.5) is 0 Å². The van der Waals surface area contributed by atoms with Crippen LogP contribution in [-0.2, 0) is 4.79 Å². The Labute approximate surface area is 123 Å². The van der Waals surface area contributed by atoms with E-state index in [0.717, 1.165) is 16.9 Å². The van der Waals surface area contributed by atoms with E-state index >= 15 is 0 Å². The molecule has 2 rings (SSSR count). The molecule has 21 heavy (non-hydrogen) atoms. The summed E-state index contributed by atoms with van der Waals surface area (Å²) >= 11 is 0. The maximum atomic E-state index is 11.6. The quantitative estimate of drug-likeness (QED) is 0.679. The van der Waals surface area contributed by atoms with Crippen LogP contribution in [-0.4, -0.2) is 18.7 Å². The van der Waals surface area contributed by atoms with Crippen molar-refractivity contribution in [2.75, 3.05) is 6.61 Å². The molecule has 5 nitrogen and oxygen atoms in total. The molecule has 1 N–H and O–H groups in total. The summed E-state index contributed by atoms with van der Waals surface area (Å²) in [6.45, 7) is 5.67. The van der Waals surface area contributed by atoms with Gasteiger partial charge in [0.25, 0.3) is 5.91 Å². The molecule has 110 valence electrons. The smallest absolute Gasteiger partial charge is 0.277 e. The van der Waals surface area contributed by atoms with Gasteiger partial charge in [-0.1, -0.05) is 12.1 Å². The second kappa shape index (κ2) is 6.74. The maximum absolute atomic E-state index is 11.6. The molecule has 1 aromatic heterocycles. The second-order valence-electron chi connectivity index (χ2n) is 4.80. The van der Waals surface area contributed by atoms with Crippen LogP contribution in [0.2, 0.25) is 0 Å². The van der Waals surface area contributed by atoms with Crippen molar-refractivity contribution >= 4 is 12.1 Å². The number of furan rings is 1. The van der Waals surface area contributed by atoms with Gasteiger partial charge in [0.2, 0.25) is 0 Å². The third kappa shape index (κ3) is 4.49. The summed E-state index contributed by atoms with van der Waals surface area (Å²) in [6, 6.07) is 9.46. The SMILES string of the molecule is Cc1ccc(C)c(OCC(=O)NN=Cc2ccc(C)o2)c1. The molecule has 2 aromatic rings. The number of hydrogen-bond acceptors (Lipinski definition) is 4. The number of hydrogen-bond donors (Lipinski definition) is 1.